The summed E-state index contributed by atoms with van der Waals surface area (Å²) in [6, 6.07) is -0.690. The van der Waals surface area contributed by atoms with Crippen molar-refractivity contribution >= 4 is 12.0 Å². The van der Waals surface area contributed by atoms with E-state index in [2.05, 4.69) is 4.99 Å². The van der Waals surface area contributed by atoms with Gasteiger partial charge in [0.2, 0.25) is 5.96 Å². The molecule has 4 atom stereocenters. The first-order valence-corrected chi connectivity index (χ1v) is 6.00. The summed E-state index contributed by atoms with van der Waals surface area (Å²) in [5, 5.41) is 28.6. The van der Waals surface area contributed by atoms with Gasteiger partial charge < -0.3 is 35.4 Å². The van der Waals surface area contributed by atoms with Gasteiger partial charge in [0.05, 0.1) is 6.61 Å². The predicted octanol–water partition coefficient (Wildman–Crippen LogP) is -2.96. The smallest absolute Gasteiger partial charge is 0.350 e. The van der Waals surface area contributed by atoms with Gasteiger partial charge in [0, 0.05) is 7.11 Å². The van der Waals surface area contributed by atoms with E-state index in [4.69, 9.17) is 20.3 Å². The number of ether oxygens (including phenoxy) is 2. The highest BCUT2D eigenvalue weighted by atomic mass is 16.6. The molecule has 2 aliphatic rings. The van der Waals surface area contributed by atoms with Crippen LogP contribution in [-0.4, -0.2) is 88.8 Å². The molecule has 1 fully saturated rings. The molecule has 0 aromatic rings. The normalized spacial score (nSPS) is 34.6. The second kappa shape index (κ2) is 5.89. The third-order valence-corrected chi connectivity index (χ3v) is 3.21. The molecular formula is C10H18N4O6. The van der Waals surface area contributed by atoms with Crippen LogP contribution in [0.1, 0.15) is 0 Å². The average molecular weight is 290 g/mol. The van der Waals surface area contributed by atoms with E-state index in [-0.39, 0.29) is 19.4 Å². The lowest BCUT2D eigenvalue weighted by atomic mass is 10.1. The molecule has 2 heterocycles. The number of aliphatic imine (C=N–C) groups is 1. The number of hydrogen-bond acceptors (Lipinski definition) is 8. The van der Waals surface area contributed by atoms with Crippen molar-refractivity contribution in [3.8, 4) is 0 Å². The summed E-state index contributed by atoms with van der Waals surface area (Å²) < 4.78 is 10.2. The minimum absolute atomic E-state index is 0.000145. The van der Waals surface area contributed by atoms with Gasteiger partial charge in [0.15, 0.2) is 6.23 Å². The van der Waals surface area contributed by atoms with Crippen LogP contribution in [0.4, 0.5) is 4.79 Å². The van der Waals surface area contributed by atoms with Crippen LogP contribution in [0.2, 0.25) is 0 Å². The number of aliphatic hydroxyl groups excluding tert-OH is 3. The van der Waals surface area contributed by atoms with Crippen molar-refractivity contribution in [2.75, 3.05) is 27.1 Å². The average Bonchev–Trinajstić information content (AvgIpc) is 2.70. The number of hydrogen-bond donors (Lipinski definition) is 4. The molecule has 0 spiro atoms. The van der Waals surface area contributed by atoms with E-state index in [0.29, 0.717) is 0 Å². The fourth-order valence-electron chi connectivity index (χ4n) is 2.14. The van der Waals surface area contributed by atoms with Gasteiger partial charge in [-0.2, -0.15) is 4.99 Å². The summed E-state index contributed by atoms with van der Waals surface area (Å²) in [5.74, 6) is -0.000145. The Morgan fingerprint density at radius 2 is 2.20 bits per heavy atom. The van der Waals surface area contributed by atoms with Crippen LogP contribution in [0.15, 0.2) is 4.99 Å². The first-order chi connectivity index (χ1) is 9.49. The van der Waals surface area contributed by atoms with Crippen molar-refractivity contribution in [1.82, 2.24) is 9.80 Å². The number of aliphatic hydroxyl groups is 3. The van der Waals surface area contributed by atoms with Crippen LogP contribution in [-0.2, 0) is 9.47 Å². The number of methoxy groups -OCH3 is 1. The van der Waals surface area contributed by atoms with Gasteiger partial charge in [-0.15, -0.1) is 0 Å². The first-order valence-electron chi connectivity index (χ1n) is 6.00. The van der Waals surface area contributed by atoms with Gasteiger partial charge in [-0.05, 0) is 0 Å². The molecule has 10 heteroatoms. The number of carbonyl (C=O) groups excluding carboxylic acids is 1. The predicted molar refractivity (Wildman–Crippen MR) is 65.2 cm³/mol. The molecule has 2 rings (SSSR count). The molecule has 0 aromatic carbocycles. The Kier molecular flexibility index (Phi) is 4.40. The maximum absolute atomic E-state index is 11.8. The molecule has 0 bridgehead atoms. The molecule has 5 N–H and O–H groups in total. The van der Waals surface area contributed by atoms with Crippen LogP contribution < -0.4 is 5.73 Å². The molecule has 0 radical (unpaired) electrons. The maximum Gasteiger partial charge on any atom is 0.350 e. The van der Waals surface area contributed by atoms with E-state index in [9.17, 15) is 15.0 Å². The zero-order chi connectivity index (χ0) is 14.9. The van der Waals surface area contributed by atoms with Crippen molar-refractivity contribution in [1.29, 1.82) is 0 Å². The highest BCUT2D eigenvalue weighted by Gasteiger charge is 2.47. The van der Waals surface area contributed by atoms with Crippen molar-refractivity contribution in [2.24, 2.45) is 10.7 Å². The summed E-state index contributed by atoms with van der Waals surface area (Å²) in [5.41, 5.74) is 5.59. The minimum atomic E-state index is -1.34. The number of rotatable bonds is 4. The fraction of sp³-hybridized carbons (Fsp3) is 0.800. The van der Waals surface area contributed by atoms with Crippen LogP contribution in [0, 0.1) is 0 Å². The topological polar surface area (TPSA) is 141 Å². The zero-order valence-corrected chi connectivity index (χ0v) is 10.9. The first kappa shape index (κ1) is 14.9. The fourth-order valence-corrected chi connectivity index (χ4v) is 2.14. The van der Waals surface area contributed by atoms with Gasteiger partial charge >= 0.3 is 6.03 Å². The second-order valence-corrected chi connectivity index (χ2v) is 4.55. The van der Waals surface area contributed by atoms with E-state index < -0.39 is 37.2 Å². The van der Waals surface area contributed by atoms with Crippen molar-refractivity contribution < 1.29 is 29.6 Å². The molecular weight excluding hydrogens is 272 g/mol. The summed E-state index contributed by atoms with van der Waals surface area (Å²) in [6.45, 7) is -0.369. The maximum atomic E-state index is 11.8. The van der Waals surface area contributed by atoms with E-state index in [1.54, 1.807) is 0 Å². The van der Waals surface area contributed by atoms with Crippen LogP contribution in [0.25, 0.3) is 0 Å². The highest BCUT2D eigenvalue weighted by Crippen LogP contribution is 2.25. The molecule has 2 amide bonds. The van der Waals surface area contributed by atoms with Crippen LogP contribution in [0.5, 0.6) is 0 Å². The van der Waals surface area contributed by atoms with E-state index in [0.717, 1.165) is 4.90 Å². The highest BCUT2D eigenvalue weighted by molar-refractivity contribution is 5.93. The zero-order valence-electron chi connectivity index (χ0n) is 10.9. The molecule has 0 aliphatic carbocycles. The largest absolute Gasteiger partial charge is 0.394 e. The van der Waals surface area contributed by atoms with Gasteiger partial charge in [-0.1, -0.05) is 0 Å². The Morgan fingerprint density at radius 3 is 2.75 bits per heavy atom. The lowest BCUT2D eigenvalue weighted by Crippen LogP contribution is -2.57. The quantitative estimate of drug-likeness (QED) is 0.430. The number of urea groups is 1. The molecule has 10 nitrogen and oxygen atoms in total. The molecule has 0 saturated carbocycles. The standard InChI is InChI=1S/C10H18N4O6/c1-19-4-13-3-14(10(18)12-9(13)11)8-7(17)6(16)5(2-15)20-8/h5-8,15-17H,2-4H2,1H3,(H2,11,12,18)/t5-,6-,7-,8-/m1/s1. The molecule has 0 unspecified atom stereocenters. The van der Waals surface area contributed by atoms with Crippen molar-refractivity contribution in [3.05, 3.63) is 0 Å². The van der Waals surface area contributed by atoms with E-state index in [1.165, 1.54) is 12.0 Å². The number of amides is 2. The summed E-state index contributed by atoms with van der Waals surface area (Å²) in [7, 11) is 1.46. The van der Waals surface area contributed by atoms with Crippen LogP contribution >= 0.6 is 0 Å². The summed E-state index contributed by atoms with van der Waals surface area (Å²) >= 11 is 0. The Labute approximate surface area is 115 Å². The minimum Gasteiger partial charge on any atom is -0.394 e. The SMILES string of the molecule is COCN1CN([C@@H]2O[C@H](CO)[C@@H](O)[C@H]2O)C(=O)N=C1N. The Morgan fingerprint density at radius 1 is 1.50 bits per heavy atom. The van der Waals surface area contributed by atoms with Crippen molar-refractivity contribution in [3.63, 3.8) is 0 Å². The van der Waals surface area contributed by atoms with Gasteiger partial charge in [0.25, 0.3) is 0 Å². The second-order valence-electron chi connectivity index (χ2n) is 4.55. The van der Waals surface area contributed by atoms with Crippen LogP contribution in [0.3, 0.4) is 0 Å². The molecule has 0 aromatic heterocycles. The lowest BCUT2D eigenvalue weighted by molar-refractivity contribution is -0.0930. The summed E-state index contributed by atoms with van der Waals surface area (Å²) in [6.07, 6.45) is -4.68. The Bertz CT molecular complexity index is 405. The Balaban J connectivity index is 2.14. The van der Waals surface area contributed by atoms with E-state index >= 15 is 0 Å². The molecule has 1 saturated heterocycles. The number of nitrogens with two attached hydrogens (primary N) is 1. The number of guanidine groups is 1. The molecule has 2 aliphatic heterocycles. The lowest BCUT2D eigenvalue weighted by Gasteiger charge is -2.37. The van der Waals surface area contributed by atoms with Gasteiger partial charge in [0.1, 0.15) is 31.7 Å². The molecule has 114 valence electrons. The third kappa shape index (κ3) is 2.55. The Hall–Kier alpha value is -1.46. The molecule has 20 heavy (non-hydrogen) atoms. The van der Waals surface area contributed by atoms with Crippen molar-refractivity contribution in [2.45, 2.75) is 24.5 Å². The van der Waals surface area contributed by atoms with E-state index in [1.807, 2.05) is 0 Å². The third-order valence-electron chi connectivity index (χ3n) is 3.21. The number of carbonyl (C=O) groups is 1. The van der Waals surface area contributed by atoms with Gasteiger partial charge in [-0.3, -0.25) is 4.90 Å². The monoisotopic (exact) mass is 290 g/mol. The number of nitrogens with zero attached hydrogens (tertiary/aromatic N) is 3. The van der Waals surface area contributed by atoms with Gasteiger partial charge in [-0.25, -0.2) is 4.79 Å². The summed E-state index contributed by atoms with van der Waals surface area (Å²) in [4.78, 5) is 18.0.